The number of amides is 1. The summed E-state index contributed by atoms with van der Waals surface area (Å²) in [4.78, 5) is 17.4. The fraction of sp³-hybridized carbons (Fsp3) is 0.364. The molecule has 5 rings (SSSR count). The average Bonchev–Trinajstić information content (AvgIpc) is 3.20. The molecule has 0 N–H and O–H groups in total. The van der Waals surface area contributed by atoms with Crippen molar-refractivity contribution in [2.45, 2.75) is 13.8 Å². The molecular weight excluding hydrogens is 354 g/mol. The van der Waals surface area contributed by atoms with Gasteiger partial charge < -0.3 is 14.2 Å². The summed E-state index contributed by atoms with van der Waals surface area (Å²) in [6, 6.07) is 10.1. The van der Waals surface area contributed by atoms with Crippen LogP contribution < -0.4 is 4.90 Å². The Morgan fingerprint density at radius 3 is 2.61 bits per heavy atom. The van der Waals surface area contributed by atoms with E-state index in [1.54, 1.807) is 0 Å². The van der Waals surface area contributed by atoms with E-state index in [1.165, 1.54) is 0 Å². The zero-order valence-electron chi connectivity index (χ0n) is 16.2. The monoisotopic (exact) mass is 377 g/mol. The number of hydrogen-bond acceptors (Lipinski definition) is 5. The largest absolute Gasteiger partial charge is 0.379 e. The summed E-state index contributed by atoms with van der Waals surface area (Å²) < 4.78 is 10.8. The first kappa shape index (κ1) is 17.4. The lowest BCUT2D eigenvalue weighted by atomic mass is 9.95. The highest BCUT2D eigenvalue weighted by Crippen LogP contribution is 2.43. The van der Waals surface area contributed by atoms with Crippen molar-refractivity contribution in [1.82, 2.24) is 10.1 Å². The maximum atomic E-state index is 13.1. The van der Waals surface area contributed by atoms with Gasteiger partial charge in [0.05, 0.1) is 24.6 Å². The second kappa shape index (κ2) is 6.72. The van der Waals surface area contributed by atoms with Crippen molar-refractivity contribution in [2.24, 2.45) is 0 Å². The number of morpholine rings is 1. The lowest BCUT2D eigenvalue weighted by molar-refractivity contribution is 0.0391. The number of aromatic nitrogens is 1. The standard InChI is InChI=1S/C22H23N3O3/c1-14-20(15(2)28-23-14)17-6-7-19-21-16(17)4-3-5-18(21)22(26)25(19)9-8-24-10-12-27-13-11-24/h3-7H,8-13H2,1-2H3. The quantitative estimate of drug-likeness (QED) is 0.697. The molecule has 1 saturated heterocycles. The molecule has 2 aliphatic rings. The fourth-order valence-corrected chi connectivity index (χ4v) is 4.42. The maximum Gasteiger partial charge on any atom is 0.259 e. The molecule has 3 heterocycles. The Labute approximate surface area is 163 Å². The summed E-state index contributed by atoms with van der Waals surface area (Å²) in [5.74, 6) is 0.886. The molecule has 1 amide bonds. The predicted octanol–water partition coefficient (Wildman–Crippen LogP) is 3.40. The highest BCUT2D eigenvalue weighted by Gasteiger charge is 2.31. The zero-order chi connectivity index (χ0) is 19.3. The van der Waals surface area contributed by atoms with Gasteiger partial charge in [0, 0.05) is 42.7 Å². The van der Waals surface area contributed by atoms with Crippen LogP contribution in [0.25, 0.3) is 21.9 Å². The van der Waals surface area contributed by atoms with Crippen molar-refractivity contribution in [3.8, 4) is 11.1 Å². The van der Waals surface area contributed by atoms with E-state index in [4.69, 9.17) is 9.26 Å². The smallest absolute Gasteiger partial charge is 0.259 e. The molecule has 28 heavy (non-hydrogen) atoms. The third-order valence-electron chi connectivity index (χ3n) is 5.83. The molecule has 1 aromatic heterocycles. The van der Waals surface area contributed by atoms with E-state index >= 15 is 0 Å². The van der Waals surface area contributed by atoms with E-state index in [0.29, 0.717) is 6.54 Å². The van der Waals surface area contributed by atoms with Crippen LogP contribution in [0.1, 0.15) is 21.8 Å². The molecule has 0 radical (unpaired) electrons. The number of ether oxygens (including phenoxy) is 1. The van der Waals surface area contributed by atoms with Gasteiger partial charge in [-0.25, -0.2) is 0 Å². The van der Waals surface area contributed by atoms with E-state index in [1.807, 2.05) is 30.9 Å². The molecule has 0 atom stereocenters. The predicted molar refractivity (Wildman–Crippen MR) is 108 cm³/mol. The Morgan fingerprint density at radius 1 is 1.04 bits per heavy atom. The second-order valence-corrected chi connectivity index (χ2v) is 7.47. The molecule has 6 heteroatoms. The molecule has 0 saturated carbocycles. The van der Waals surface area contributed by atoms with Crippen LogP contribution in [0, 0.1) is 13.8 Å². The first-order chi connectivity index (χ1) is 13.6. The van der Waals surface area contributed by atoms with E-state index in [2.05, 4.69) is 28.3 Å². The molecule has 144 valence electrons. The molecule has 2 aliphatic heterocycles. The maximum absolute atomic E-state index is 13.1. The number of carbonyl (C=O) groups excluding carboxylic acids is 1. The summed E-state index contributed by atoms with van der Waals surface area (Å²) in [6.45, 7) is 8.82. The highest BCUT2D eigenvalue weighted by molar-refractivity contribution is 6.26. The Balaban J connectivity index is 1.55. The Bertz CT molecular complexity index is 1050. The van der Waals surface area contributed by atoms with Crippen molar-refractivity contribution in [3.05, 3.63) is 47.3 Å². The van der Waals surface area contributed by atoms with Gasteiger partial charge in [0.1, 0.15) is 5.76 Å². The van der Waals surface area contributed by atoms with Gasteiger partial charge in [0.2, 0.25) is 0 Å². The fourth-order valence-electron chi connectivity index (χ4n) is 4.42. The number of hydrogen-bond donors (Lipinski definition) is 0. The Kier molecular flexibility index (Phi) is 4.18. The molecule has 1 fully saturated rings. The molecule has 2 aromatic carbocycles. The number of nitrogens with zero attached hydrogens (tertiary/aromatic N) is 3. The summed E-state index contributed by atoms with van der Waals surface area (Å²) in [5, 5.41) is 6.21. The number of rotatable bonds is 4. The summed E-state index contributed by atoms with van der Waals surface area (Å²) in [5.41, 5.74) is 4.73. The second-order valence-electron chi connectivity index (χ2n) is 7.47. The van der Waals surface area contributed by atoms with Crippen molar-refractivity contribution in [1.29, 1.82) is 0 Å². The molecule has 6 nitrogen and oxygen atoms in total. The SMILES string of the molecule is Cc1noc(C)c1-c1ccc2c3c(cccc13)C(=O)N2CCN1CCOCC1. The van der Waals surface area contributed by atoms with E-state index in [9.17, 15) is 4.79 Å². The van der Waals surface area contributed by atoms with Crippen molar-refractivity contribution in [2.75, 3.05) is 44.3 Å². The van der Waals surface area contributed by atoms with Crippen molar-refractivity contribution in [3.63, 3.8) is 0 Å². The van der Waals surface area contributed by atoms with E-state index in [-0.39, 0.29) is 5.91 Å². The molecule has 0 unspecified atom stereocenters. The van der Waals surface area contributed by atoms with Gasteiger partial charge in [-0.3, -0.25) is 9.69 Å². The number of aryl methyl sites for hydroxylation is 2. The molecular formula is C22H23N3O3. The van der Waals surface area contributed by atoms with E-state index < -0.39 is 0 Å². The summed E-state index contributed by atoms with van der Waals surface area (Å²) in [7, 11) is 0. The normalized spacial score (nSPS) is 17.1. The van der Waals surface area contributed by atoms with Gasteiger partial charge in [-0.15, -0.1) is 0 Å². The zero-order valence-corrected chi connectivity index (χ0v) is 16.2. The summed E-state index contributed by atoms with van der Waals surface area (Å²) in [6.07, 6.45) is 0. The Morgan fingerprint density at radius 2 is 1.86 bits per heavy atom. The average molecular weight is 377 g/mol. The highest BCUT2D eigenvalue weighted by atomic mass is 16.5. The van der Waals surface area contributed by atoms with Gasteiger partial charge in [-0.1, -0.05) is 23.4 Å². The van der Waals surface area contributed by atoms with Crippen LogP contribution in [-0.2, 0) is 4.74 Å². The van der Waals surface area contributed by atoms with Crippen LogP contribution in [0.5, 0.6) is 0 Å². The number of anilines is 1. The number of carbonyl (C=O) groups is 1. The topological polar surface area (TPSA) is 58.8 Å². The van der Waals surface area contributed by atoms with Crippen molar-refractivity contribution < 1.29 is 14.1 Å². The van der Waals surface area contributed by atoms with Gasteiger partial charge in [0.25, 0.3) is 5.91 Å². The third kappa shape index (κ3) is 2.64. The van der Waals surface area contributed by atoms with Crippen LogP contribution >= 0.6 is 0 Å². The lowest BCUT2D eigenvalue weighted by Crippen LogP contribution is -2.42. The van der Waals surface area contributed by atoms with Crippen LogP contribution in [0.2, 0.25) is 0 Å². The van der Waals surface area contributed by atoms with Gasteiger partial charge in [0.15, 0.2) is 0 Å². The molecule has 0 bridgehead atoms. The summed E-state index contributed by atoms with van der Waals surface area (Å²) >= 11 is 0. The van der Waals surface area contributed by atoms with Gasteiger partial charge >= 0.3 is 0 Å². The minimum atomic E-state index is 0.0878. The third-order valence-corrected chi connectivity index (χ3v) is 5.83. The lowest BCUT2D eigenvalue weighted by Gasteiger charge is -2.28. The number of benzene rings is 2. The van der Waals surface area contributed by atoms with Crippen LogP contribution in [-0.4, -0.2) is 55.4 Å². The Hall–Kier alpha value is -2.70. The van der Waals surface area contributed by atoms with Crippen LogP contribution in [0.3, 0.4) is 0 Å². The van der Waals surface area contributed by atoms with Crippen molar-refractivity contribution >= 4 is 22.4 Å². The molecule has 0 spiro atoms. The molecule has 3 aromatic rings. The van der Waals surface area contributed by atoms with Gasteiger partial charge in [-0.2, -0.15) is 0 Å². The minimum absolute atomic E-state index is 0.0878. The van der Waals surface area contributed by atoms with Gasteiger partial charge in [-0.05, 0) is 36.9 Å². The van der Waals surface area contributed by atoms with Crippen LogP contribution in [0.15, 0.2) is 34.9 Å². The minimum Gasteiger partial charge on any atom is -0.379 e. The van der Waals surface area contributed by atoms with E-state index in [0.717, 1.165) is 77.5 Å². The van der Waals surface area contributed by atoms with Crippen LogP contribution in [0.4, 0.5) is 5.69 Å². The first-order valence-corrected chi connectivity index (χ1v) is 9.76. The first-order valence-electron chi connectivity index (χ1n) is 9.76. The molecule has 0 aliphatic carbocycles.